The number of alkyl halides is 3. The van der Waals surface area contributed by atoms with E-state index in [1.807, 2.05) is 32.9 Å². The lowest BCUT2D eigenvalue weighted by Gasteiger charge is -2.22. The Morgan fingerprint density at radius 2 is 1.86 bits per heavy atom. The number of fused-ring (bicyclic) bond motifs is 1. The zero-order valence-electron chi connectivity index (χ0n) is 23.0. The number of carbonyl (C=O) groups is 2. The lowest BCUT2D eigenvalue weighted by molar-refractivity contribution is -0.192. The van der Waals surface area contributed by atoms with Crippen LogP contribution in [-0.4, -0.2) is 66.6 Å². The quantitative estimate of drug-likeness (QED) is 0.233. The maximum Gasteiger partial charge on any atom is 0.490 e. The second-order valence-electron chi connectivity index (χ2n) is 9.13. The molecule has 11 nitrogen and oxygen atoms in total. The molecule has 4 N–H and O–H groups in total. The van der Waals surface area contributed by atoms with Gasteiger partial charge in [0.15, 0.2) is 11.4 Å². The van der Waals surface area contributed by atoms with E-state index in [-0.39, 0.29) is 24.9 Å². The highest BCUT2D eigenvalue weighted by Gasteiger charge is 2.38. The molecular weight excluding hydrogens is 581 g/mol. The molecule has 0 aliphatic heterocycles. The minimum absolute atomic E-state index is 0.0343. The standard InChI is InChI=1S/C25H27ClN6O3.C2HF3O2/c1-13-18(26)10-17(15(3)32-25-22(14(2)31-32)24(27)29-12-30-25)23(35-4)21(13)16-7-8-19(28-11-16)20(34)6-5-9-33;3-2(4,5)1(6)7/h7-8,10-12,15,33H,5-6,9H2,1-4H3,(H2,27,29,30);(H,6,7). The lowest BCUT2D eigenvalue weighted by Crippen LogP contribution is -2.21. The van der Waals surface area contributed by atoms with Crippen molar-refractivity contribution < 1.29 is 37.7 Å². The van der Waals surface area contributed by atoms with Gasteiger partial charge in [0.25, 0.3) is 0 Å². The van der Waals surface area contributed by atoms with Crippen molar-refractivity contribution in [1.82, 2.24) is 24.7 Å². The van der Waals surface area contributed by atoms with Gasteiger partial charge in [0.05, 0.1) is 24.2 Å². The predicted octanol–water partition coefficient (Wildman–Crippen LogP) is 4.95. The van der Waals surface area contributed by atoms with E-state index >= 15 is 0 Å². The number of anilines is 1. The van der Waals surface area contributed by atoms with E-state index in [1.165, 1.54) is 6.33 Å². The summed E-state index contributed by atoms with van der Waals surface area (Å²) in [5.74, 6) is -1.87. The van der Waals surface area contributed by atoms with Crippen LogP contribution in [-0.2, 0) is 4.79 Å². The highest BCUT2D eigenvalue weighted by atomic mass is 35.5. The molecule has 0 bridgehead atoms. The summed E-state index contributed by atoms with van der Waals surface area (Å²) >= 11 is 6.69. The van der Waals surface area contributed by atoms with Crippen molar-refractivity contribution in [1.29, 1.82) is 0 Å². The van der Waals surface area contributed by atoms with Crippen LogP contribution >= 0.6 is 11.6 Å². The topological polar surface area (TPSA) is 166 Å². The molecule has 0 aliphatic rings. The Hall–Kier alpha value is -4.30. The number of carboxylic acids is 1. The molecule has 1 atom stereocenters. The summed E-state index contributed by atoms with van der Waals surface area (Å²) in [5, 5.41) is 22.1. The molecule has 4 rings (SSSR count). The first-order valence-corrected chi connectivity index (χ1v) is 12.8. The number of aliphatic carboxylic acids is 1. The van der Waals surface area contributed by atoms with Crippen molar-refractivity contribution in [3.05, 3.63) is 58.3 Å². The van der Waals surface area contributed by atoms with E-state index in [9.17, 15) is 18.0 Å². The van der Waals surface area contributed by atoms with E-state index in [4.69, 9.17) is 37.1 Å². The van der Waals surface area contributed by atoms with Gasteiger partial charge in [-0.05, 0) is 44.9 Å². The number of ketones is 1. The number of hydrogen-bond donors (Lipinski definition) is 3. The van der Waals surface area contributed by atoms with Gasteiger partial charge in [0.1, 0.15) is 23.6 Å². The number of rotatable bonds is 8. The zero-order chi connectivity index (χ0) is 31.4. The number of methoxy groups -OCH3 is 1. The van der Waals surface area contributed by atoms with Gasteiger partial charge in [-0.3, -0.25) is 9.78 Å². The van der Waals surface area contributed by atoms with E-state index < -0.39 is 12.1 Å². The van der Waals surface area contributed by atoms with Crippen molar-refractivity contribution in [2.45, 2.75) is 45.8 Å². The molecule has 0 aliphatic carbocycles. The molecule has 3 aromatic heterocycles. The number of nitrogens with two attached hydrogens (primary N) is 1. The number of ether oxygens (including phenoxy) is 1. The molecule has 0 spiro atoms. The third-order valence-electron chi connectivity index (χ3n) is 6.36. The van der Waals surface area contributed by atoms with Crippen LogP contribution in [0.25, 0.3) is 22.2 Å². The number of aliphatic hydroxyl groups excluding tert-OH is 1. The number of Topliss-reactive ketones (excluding diaryl/α,β-unsaturated/α-hetero) is 1. The summed E-state index contributed by atoms with van der Waals surface area (Å²) in [6.45, 7) is 5.73. The second kappa shape index (κ2) is 13.1. The van der Waals surface area contributed by atoms with Gasteiger partial charge < -0.3 is 20.7 Å². The average molecular weight is 609 g/mol. The second-order valence-corrected chi connectivity index (χ2v) is 9.54. The van der Waals surface area contributed by atoms with Gasteiger partial charge >= 0.3 is 12.1 Å². The maximum absolute atomic E-state index is 12.3. The molecule has 1 aromatic carbocycles. The molecule has 224 valence electrons. The first-order chi connectivity index (χ1) is 19.7. The van der Waals surface area contributed by atoms with Gasteiger partial charge in [-0.25, -0.2) is 19.4 Å². The molecule has 0 saturated heterocycles. The van der Waals surface area contributed by atoms with Crippen LogP contribution in [0.4, 0.5) is 19.0 Å². The Kier molecular flexibility index (Phi) is 10.1. The fraction of sp³-hybridized carbons (Fsp3) is 0.333. The summed E-state index contributed by atoms with van der Waals surface area (Å²) in [6.07, 6.45) is -1.37. The van der Waals surface area contributed by atoms with Crippen molar-refractivity contribution >= 4 is 40.2 Å². The van der Waals surface area contributed by atoms with Gasteiger partial charge in [0.2, 0.25) is 0 Å². The van der Waals surface area contributed by atoms with E-state index in [1.54, 1.807) is 24.1 Å². The van der Waals surface area contributed by atoms with Gasteiger partial charge in [-0.15, -0.1) is 0 Å². The predicted molar refractivity (Wildman–Crippen MR) is 149 cm³/mol. The summed E-state index contributed by atoms with van der Waals surface area (Å²) in [7, 11) is 1.61. The van der Waals surface area contributed by atoms with Crippen LogP contribution in [0.1, 0.15) is 53.1 Å². The minimum atomic E-state index is -5.08. The number of nitrogen functional groups attached to an aromatic ring is 1. The maximum atomic E-state index is 12.3. The monoisotopic (exact) mass is 608 g/mol. The van der Waals surface area contributed by atoms with Crippen molar-refractivity contribution in [2.24, 2.45) is 0 Å². The first-order valence-electron chi connectivity index (χ1n) is 12.5. The third-order valence-corrected chi connectivity index (χ3v) is 6.75. The molecule has 42 heavy (non-hydrogen) atoms. The van der Waals surface area contributed by atoms with Crippen molar-refractivity contribution in [2.75, 3.05) is 19.5 Å². The number of nitrogens with zero attached hydrogens (tertiary/aromatic N) is 5. The molecule has 1 unspecified atom stereocenters. The Bertz CT molecular complexity index is 1610. The van der Waals surface area contributed by atoms with Crippen LogP contribution < -0.4 is 10.5 Å². The van der Waals surface area contributed by atoms with Crippen LogP contribution in [0.3, 0.4) is 0 Å². The van der Waals surface area contributed by atoms with Crippen LogP contribution in [0.2, 0.25) is 5.02 Å². The summed E-state index contributed by atoms with van der Waals surface area (Å²) in [5.41, 5.74) is 11.0. The number of aliphatic hydroxyl groups is 1. The third kappa shape index (κ3) is 6.77. The number of benzene rings is 1. The van der Waals surface area contributed by atoms with E-state index in [0.29, 0.717) is 39.7 Å². The molecule has 0 saturated carbocycles. The molecule has 3 heterocycles. The first kappa shape index (κ1) is 32.2. The van der Waals surface area contributed by atoms with E-state index in [0.717, 1.165) is 27.9 Å². The minimum Gasteiger partial charge on any atom is -0.496 e. The Morgan fingerprint density at radius 3 is 2.40 bits per heavy atom. The fourth-order valence-electron chi connectivity index (χ4n) is 4.27. The van der Waals surface area contributed by atoms with Gasteiger partial charge in [-0.2, -0.15) is 18.3 Å². The Balaban J connectivity index is 0.000000616. The molecule has 0 radical (unpaired) electrons. The summed E-state index contributed by atoms with van der Waals surface area (Å²) in [4.78, 5) is 34.0. The number of carboxylic acid groups (broad SMARTS) is 1. The molecule has 0 amide bonds. The molecular formula is C27H28ClF3N6O5. The lowest BCUT2D eigenvalue weighted by atomic mass is 9.94. The molecule has 0 fully saturated rings. The summed E-state index contributed by atoms with van der Waals surface area (Å²) < 4.78 is 39.4. The molecule has 15 heteroatoms. The van der Waals surface area contributed by atoms with Crippen molar-refractivity contribution in [3.8, 4) is 16.9 Å². The zero-order valence-corrected chi connectivity index (χ0v) is 23.8. The number of aromatic nitrogens is 5. The van der Waals surface area contributed by atoms with Crippen LogP contribution in [0, 0.1) is 13.8 Å². The Morgan fingerprint density at radius 1 is 1.19 bits per heavy atom. The number of aryl methyl sites for hydroxylation is 1. The highest BCUT2D eigenvalue weighted by molar-refractivity contribution is 6.32. The van der Waals surface area contributed by atoms with Crippen LogP contribution in [0.15, 0.2) is 30.7 Å². The molecule has 4 aromatic rings. The smallest absolute Gasteiger partial charge is 0.490 e. The number of pyridine rings is 1. The largest absolute Gasteiger partial charge is 0.496 e. The Labute approximate surface area is 243 Å². The van der Waals surface area contributed by atoms with Crippen molar-refractivity contribution in [3.63, 3.8) is 0 Å². The summed E-state index contributed by atoms with van der Waals surface area (Å²) in [6, 6.07) is 5.09. The van der Waals surface area contributed by atoms with Gasteiger partial charge in [0, 0.05) is 40.9 Å². The normalized spacial score (nSPS) is 12.0. The van der Waals surface area contributed by atoms with Gasteiger partial charge in [-0.1, -0.05) is 17.7 Å². The fourth-order valence-corrected chi connectivity index (χ4v) is 4.48. The van der Waals surface area contributed by atoms with E-state index in [2.05, 4.69) is 20.1 Å². The average Bonchev–Trinajstić information content (AvgIpc) is 3.29. The number of carbonyl (C=O) groups excluding carboxylic acids is 1. The van der Waals surface area contributed by atoms with Crippen LogP contribution in [0.5, 0.6) is 5.75 Å². The SMILES string of the molecule is COc1c(C(C)n2nc(C)c3c(N)ncnc32)cc(Cl)c(C)c1-c1ccc(C(=O)CCCO)nc1.O=C(O)C(F)(F)F. The highest BCUT2D eigenvalue weighted by Crippen LogP contribution is 2.43. The number of hydrogen-bond acceptors (Lipinski definition) is 9. The number of halogens is 4.